The molecule has 1 N–H and O–H groups in total. The molecule has 1 saturated carbocycles. The minimum atomic E-state index is -0.297. The molecule has 158 valence electrons. The number of aromatic nitrogens is 1. The number of ketones is 1. The van der Waals surface area contributed by atoms with Gasteiger partial charge in [0.2, 0.25) is 0 Å². The smallest absolute Gasteiger partial charge is 0.271 e. The lowest BCUT2D eigenvalue weighted by atomic mass is 9.83. The molecule has 0 saturated heterocycles. The summed E-state index contributed by atoms with van der Waals surface area (Å²) in [7, 11) is 0. The van der Waals surface area contributed by atoms with Crippen molar-refractivity contribution in [3.8, 4) is 6.07 Å². The third-order valence-corrected chi connectivity index (χ3v) is 5.77. The van der Waals surface area contributed by atoms with E-state index in [0.29, 0.717) is 25.4 Å². The lowest BCUT2D eigenvalue weighted by molar-refractivity contribution is -0.119. The highest BCUT2D eigenvalue weighted by molar-refractivity contribution is 5.94. The molecular weight excluding hydrogens is 378 g/mol. The zero-order valence-electron chi connectivity index (χ0n) is 17.5. The molecule has 1 aliphatic rings. The lowest BCUT2D eigenvalue weighted by Crippen LogP contribution is -2.31. The molecule has 6 heteroatoms. The fourth-order valence-electron chi connectivity index (χ4n) is 4.18. The van der Waals surface area contributed by atoms with Crippen LogP contribution >= 0.6 is 0 Å². The highest BCUT2D eigenvalue weighted by atomic mass is 16.5. The second-order valence-electron chi connectivity index (χ2n) is 7.75. The normalized spacial score (nSPS) is 18.7. The molecule has 30 heavy (non-hydrogen) atoms. The van der Waals surface area contributed by atoms with Gasteiger partial charge in [0.05, 0.1) is 17.8 Å². The molecule has 6 nitrogen and oxygen atoms in total. The quantitative estimate of drug-likeness (QED) is 0.501. The van der Waals surface area contributed by atoms with Crippen molar-refractivity contribution < 1.29 is 9.53 Å². The van der Waals surface area contributed by atoms with Crippen molar-refractivity contribution in [2.45, 2.75) is 51.6 Å². The van der Waals surface area contributed by atoms with Crippen LogP contribution in [0.2, 0.25) is 0 Å². The second kappa shape index (κ2) is 10.2. The third kappa shape index (κ3) is 4.63. The Labute approximate surface area is 177 Å². The highest BCUT2D eigenvalue weighted by Crippen LogP contribution is 2.31. The monoisotopic (exact) mass is 407 g/mol. The zero-order valence-corrected chi connectivity index (χ0v) is 17.5. The van der Waals surface area contributed by atoms with E-state index in [0.717, 1.165) is 43.0 Å². The highest BCUT2D eigenvalue weighted by Gasteiger charge is 2.26. The van der Waals surface area contributed by atoms with Crippen molar-refractivity contribution in [2.75, 3.05) is 18.5 Å². The van der Waals surface area contributed by atoms with Crippen molar-refractivity contribution in [3.63, 3.8) is 0 Å². The van der Waals surface area contributed by atoms with E-state index in [9.17, 15) is 14.9 Å². The predicted molar refractivity (Wildman–Crippen MR) is 119 cm³/mol. The van der Waals surface area contributed by atoms with E-state index >= 15 is 0 Å². The molecule has 0 atom stereocenters. The van der Waals surface area contributed by atoms with Crippen LogP contribution in [0.3, 0.4) is 0 Å². The van der Waals surface area contributed by atoms with Gasteiger partial charge in [0, 0.05) is 30.5 Å². The number of rotatable bonds is 9. The van der Waals surface area contributed by atoms with Crippen molar-refractivity contribution in [2.24, 2.45) is 5.92 Å². The molecule has 0 spiro atoms. The maximum atomic E-state index is 13.1. The SMILES string of the molecule is C=CC(=O)C1CCC(Nc2c(C#N)c(=O)n(CCOCCC)c3ccccc23)CC1. The van der Waals surface area contributed by atoms with E-state index in [1.807, 2.05) is 31.2 Å². The van der Waals surface area contributed by atoms with Crippen LogP contribution in [-0.4, -0.2) is 29.6 Å². The zero-order chi connectivity index (χ0) is 21.5. The molecule has 2 aromatic rings. The molecule has 0 radical (unpaired) electrons. The molecule has 1 fully saturated rings. The molecule has 1 aromatic heterocycles. The number of carbonyl (C=O) groups is 1. The largest absolute Gasteiger partial charge is 0.381 e. The molecule has 0 amide bonds. The number of carbonyl (C=O) groups excluding carboxylic acids is 1. The second-order valence-corrected chi connectivity index (χ2v) is 7.75. The standard InChI is InChI=1S/C24H29N3O3/c1-3-14-30-15-13-27-21-8-6-5-7-19(21)23(20(16-25)24(27)29)26-18-11-9-17(10-12-18)22(28)4-2/h4-8,17-18,26H,2-3,9-15H2,1H3. The number of pyridine rings is 1. The van der Waals surface area contributed by atoms with Crippen LogP contribution < -0.4 is 10.9 Å². The van der Waals surface area contributed by atoms with Gasteiger partial charge < -0.3 is 14.6 Å². The number of ether oxygens (including phenoxy) is 1. The van der Waals surface area contributed by atoms with Gasteiger partial charge in [-0.3, -0.25) is 9.59 Å². The topological polar surface area (TPSA) is 84.1 Å². The fraction of sp³-hybridized carbons (Fsp3) is 0.458. The van der Waals surface area contributed by atoms with Crippen LogP contribution in [-0.2, 0) is 16.1 Å². The number of nitriles is 1. The number of nitrogens with one attached hydrogen (secondary N) is 1. The Balaban J connectivity index is 1.90. The summed E-state index contributed by atoms with van der Waals surface area (Å²) in [4.78, 5) is 25.0. The van der Waals surface area contributed by atoms with Crippen molar-refractivity contribution in [1.82, 2.24) is 4.57 Å². The van der Waals surface area contributed by atoms with Crippen LogP contribution in [0.15, 0.2) is 41.7 Å². The summed E-state index contributed by atoms with van der Waals surface area (Å²) >= 11 is 0. The van der Waals surface area contributed by atoms with Gasteiger partial charge in [-0.25, -0.2) is 0 Å². The summed E-state index contributed by atoms with van der Waals surface area (Å²) in [5.74, 6) is 0.133. The maximum absolute atomic E-state index is 13.1. The number of hydrogen-bond acceptors (Lipinski definition) is 5. The van der Waals surface area contributed by atoms with Crippen molar-refractivity contribution in [1.29, 1.82) is 5.26 Å². The Morgan fingerprint density at radius 1 is 1.30 bits per heavy atom. The van der Waals surface area contributed by atoms with Gasteiger partial charge in [-0.15, -0.1) is 0 Å². The minimum absolute atomic E-state index is 0.0313. The molecule has 1 heterocycles. The van der Waals surface area contributed by atoms with Gasteiger partial charge in [-0.1, -0.05) is 31.7 Å². The van der Waals surface area contributed by atoms with E-state index in [-0.39, 0.29) is 28.9 Å². The molecule has 0 unspecified atom stereocenters. The first-order chi connectivity index (χ1) is 14.6. The summed E-state index contributed by atoms with van der Waals surface area (Å²) in [6.45, 7) is 7.10. The van der Waals surface area contributed by atoms with Crippen LogP contribution in [0.1, 0.15) is 44.6 Å². The molecule has 0 aliphatic heterocycles. The van der Waals surface area contributed by atoms with Crippen LogP contribution in [0.4, 0.5) is 5.69 Å². The number of anilines is 1. The Hall–Kier alpha value is -2.91. The first-order valence-electron chi connectivity index (χ1n) is 10.7. The number of benzene rings is 1. The number of hydrogen-bond donors (Lipinski definition) is 1. The molecule has 1 aliphatic carbocycles. The Kier molecular flexibility index (Phi) is 7.42. The first kappa shape index (κ1) is 21.8. The number of para-hydroxylation sites is 1. The third-order valence-electron chi connectivity index (χ3n) is 5.77. The van der Waals surface area contributed by atoms with Gasteiger partial charge in [-0.2, -0.15) is 5.26 Å². The van der Waals surface area contributed by atoms with Crippen LogP contribution in [0, 0.1) is 17.2 Å². The van der Waals surface area contributed by atoms with Gasteiger partial charge in [0.1, 0.15) is 11.6 Å². The maximum Gasteiger partial charge on any atom is 0.271 e. The Morgan fingerprint density at radius 2 is 2.03 bits per heavy atom. The van der Waals surface area contributed by atoms with Crippen LogP contribution in [0.5, 0.6) is 0 Å². The van der Waals surface area contributed by atoms with Gasteiger partial charge >= 0.3 is 0 Å². The molecular formula is C24H29N3O3. The molecule has 3 rings (SSSR count). The van der Waals surface area contributed by atoms with Crippen LogP contribution in [0.25, 0.3) is 10.9 Å². The number of fused-ring (bicyclic) bond motifs is 1. The molecule has 1 aromatic carbocycles. The average molecular weight is 408 g/mol. The van der Waals surface area contributed by atoms with E-state index in [4.69, 9.17) is 4.74 Å². The lowest BCUT2D eigenvalue weighted by Gasteiger charge is -2.29. The molecule has 0 bridgehead atoms. The van der Waals surface area contributed by atoms with Gasteiger partial charge in [0.15, 0.2) is 5.78 Å². The summed E-state index contributed by atoms with van der Waals surface area (Å²) in [5, 5.41) is 14.1. The summed E-state index contributed by atoms with van der Waals surface area (Å²) < 4.78 is 7.19. The number of allylic oxidation sites excluding steroid dienone is 1. The average Bonchev–Trinajstić information content (AvgIpc) is 2.78. The Morgan fingerprint density at radius 3 is 2.70 bits per heavy atom. The van der Waals surface area contributed by atoms with Crippen molar-refractivity contribution >= 4 is 22.4 Å². The fourth-order valence-corrected chi connectivity index (χ4v) is 4.18. The predicted octanol–water partition coefficient (Wildman–Crippen LogP) is 4.03. The minimum Gasteiger partial charge on any atom is -0.381 e. The summed E-state index contributed by atoms with van der Waals surface area (Å²) in [5.41, 5.74) is 1.23. The van der Waals surface area contributed by atoms with Crippen molar-refractivity contribution in [3.05, 3.63) is 52.8 Å². The number of nitrogens with zero attached hydrogens (tertiary/aromatic N) is 2. The van der Waals surface area contributed by atoms with E-state index < -0.39 is 0 Å². The summed E-state index contributed by atoms with van der Waals surface area (Å²) in [6, 6.07) is 9.90. The first-order valence-corrected chi connectivity index (χ1v) is 10.7. The van der Waals surface area contributed by atoms with E-state index in [2.05, 4.69) is 18.0 Å². The van der Waals surface area contributed by atoms with Gasteiger partial charge in [0.25, 0.3) is 5.56 Å². The van der Waals surface area contributed by atoms with E-state index in [1.165, 1.54) is 6.08 Å². The summed E-state index contributed by atoms with van der Waals surface area (Å²) in [6.07, 6.45) is 5.53. The van der Waals surface area contributed by atoms with Gasteiger partial charge in [-0.05, 0) is 44.2 Å². The van der Waals surface area contributed by atoms with E-state index in [1.54, 1.807) is 4.57 Å². The Bertz CT molecular complexity index is 1010.